The molecular weight excluding hydrogens is 242 g/mol. The van der Waals surface area contributed by atoms with Crippen LogP contribution in [0.15, 0.2) is 40.4 Å². The highest BCUT2D eigenvalue weighted by Gasteiger charge is 2.13. The Labute approximate surface area is 99.3 Å². The summed E-state index contributed by atoms with van der Waals surface area (Å²) in [6.07, 6.45) is 0. The summed E-state index contributed by atoms with van der Waals surface area (Å²) in [6, 6.07) is 7.13. The third-order valence-electron chi connectivity index (χ3n) is 2.11. The molecule has 1 aliphatic heterocycles. The fourth-order valence-electron chi connectivity index (χ4n) is 1.35. The van der Waals surface area contributed by atoms with Crippen LogP contribution in [0.1, 0.15) is 0 Å². The van der Waals surface area contributed by atoms with Crippen LogP contribution < -0.4 is 9.47 Å². The van der Waals surface area contributed by atoms with Gasteiger partial charge in [0.2, 0.25) is 9.84 Å². The van der Waals surface area contributed by atoms with E-state index in [4.69, 9.17) is 9.47 Å². The lowest BCUT2D eigenvalue weighted by atomic mass is 10.3. The van der Waals surface area contributed by atoms with Gasteiger partial charge in [-0.05, 0) is 12.1 Å². The second kappa shape index (κ2) is 4.58. The van der Waals surface area contributed by atoms with E-state index in [2.05, 4.69) is 4.99 Å². The zero-order valence-electron chi connectivity index (χ0n) is 9.16. The van der Waals surface area contributed by atoms with E-state index in [0.717, 1.165) is 11.0 Å². The molecule has 90 valence electrons. The summed E-state index contributed by atoms with van der Waals surface area (Å²) in [7, 11) is -1.74. The number of para-hydroxylation sites is 2. The summed E-state index contributed by atoms with van der Waals surface area (Å²) in [5.74, 6) is 1.15. The van der Waals surface area contributed by atoms with Crippen LogP contribution in [-0.4, -0.2) is 27.7 Å². The van der Waals surface area contributed by atoms with Gasteiger partial charge in [-0.15, -0.1) is 0 Å². The smallest absolute Gasteiger partial charge is 0.212 e. The van der Waals surface area contributed by atoms with Crippen LogP contribution >= 0.6 is 0 Å². The first kappa shape index (κ1) is 11.7. The van der Waals surface area contributed by atoms with Gasteiger partial charge in [-0.3, -0.25) is 0 Å². The first-order valence-electron chi connectivity index (χ1n) is 4.86. The molecule has 0 saturated heterocycles. The van der Waals surface area contributed by atoms with E-state index < -0.39 is 9.84 Å². The minimum absolute atomic E-state index is 0.0934. The number of methoxy groups -OCH3 is 1. The Morgan fingerprint density at radius 2 is 1.94 bits per heavy atom. The molecular formula is C11H11NO4S. The number of aliphatic imine (C=N–C) groups is 1. The van der Waals surface area contributed by atoms with Crippen molar-refractivity contribution in [3.8, 4) is 11.5 Å². The summed E-state index contributed by atoms with van der Waals surface area (Å²) in [5.41, 5.74) is 1.28. The number of ether oxygens (including phenoxy) is 2. The van der Waals surface area contributed by atoms with E-state index in [9.17, 15) is 8.42 Å². The molecule has 0 spiro atoms. The molecule has 0 aliphatic carbocycles. The molecule has 0 amide bonds. The number of benzene rings is 1. The Balaban J connectivity index is 2.07. The largest absolute Gasteiger partial charge is 0.493 e. The van der Waals surface area contributed by atoms with Crippen molar-refractivity contribution in [2.24, 2.45) is 4.99 Å². The summed E-state index contributed by atoms with van der Waals surface area (Å²) in [5, 5.41) is 1.09. The van der Waals surface area contributed by atoms with Gasteiger partial charge in [0.05, 0.1) is 18.2 Å². The average Bonchev–Trinajstić information content (AvgIpc) is 2.67. The van der Waals surface area contributed by atoms with Gasteiger partial charge in [-0.2, -0.15) is 0 Å². The molecule has 0 radical (unpaired) electrons. The Bertz CT molecular complexity index is 575. The molecule has 5 nitrogen and oxygen atoms in total. The molecule has 0 N–H and O–H groups in total. The highest BCUT2D eigenvalue weighted by molar-refractivity contribution is 8.07. The Morgan fingerprint density at radius 3 is 2.53 bits per heavy atom. The number of nitrogens with zero attached hydrogens (tertiary/aromatic N) is 1. The molecule has 2 rings (SSSR count). The monoisotopic (exact) mass is 253 g/mol. The van der Waals surface area contributed by atoms with Gasteiger partial charge >= 0.3 is 0 Å². The number of hydrogen-bond acceptors (Lipinski definition) is 5. The summed E-state index contributed by atoms with van der Waals surface area (Å²) < 4.78 is 32.7. The second-order valence-corrected chi connectivity index (χ2v) is 5.00. The third kappa shape index (κ3) is 2.85. The van der Waals surface area contributed by atoms with Gasteiger partial charge in [0.15, 0.2) is 11.5 Å². The Morgan fingerprint density at radius 1 is 1.24 bits per heavy atom. The lowest BCUT2D eigenvalue weighted by Crippen LogP contribution is -2.00. The van der Waals surface area contributed by atoms with Gasteiger partial charge in [0.1, 0.15) is 12.2 Å². The normalized spacial score (nSPS) is 16.6. The molecule has 6 heteroatoms. The number of sulfone groups is 1. The van der Waals surface area contributed by atoms with Crippen LogP contribution in [0, 0.1) is 0 Å². The molecule has 17 heavy (non-hydrogen) atoms. The van der Waals surface area contributed by atoms with E-state index >= 15 is 0 Å². The molecule has 1 aromatic rings. The number of hydrogen-bond donors (Lipinski definition) is 0. The van der Waals surface area contributed by atoms with Crippen LogP contribution in [0.3, 0.4) is 0 Å². The highest BCUT2D eigenvalue weighted by Crippen LogP contribution is 2.26. The molecule has 0 fully saturated rings. The van der Waals surface area contributed by atoms with Crippen LogP contribution in [0.5, 0.6) is 11.5 Å². The Hall–Kier alpha value is -1.82. The molecule has 0 atom stereocenters. The van der Waals surface area contributed by atoms with Crippen molar-refractivity contribution < 1.29 is 17.9 Å². The summed E-state index contributed by atoms with van der Waals surface area (Å²) in [6.45, 7) is 0.0934. The van der Waals surface area contributed by atoms with Crippen LogP contribution in [0.2, 0.25) is 0 Å². The van der Waals surface area contributed by atoms with Crippen molar-refractivity contribution in [2.75, 3.05) is 13.7 Å². The first-order valence-corrected chi connectivity index (χ1v) is 6.47. The third-order valence-corrected chi connectivity index (χ3v) is 3.11. The van der Waals surface area contributed by atoms with Crippen molar-refractivity contribution in [1.29, 1.82) is 0 Å². The molecule has 0 aromatic heterocycles. The fraction of sp³-hybridized carbons (Fsp3) is 0.182. The molecule has 0 bridgehead atoms. The molecule has 0 unspecified atom stereocenters. The highest BCUT2D eigenvalue weighted by atomic mass is 32.2. The molecule has 0 saturated carbocycles. The summed E-state index contributed by atoms with van der Waals surface area (Å²) >= 11 is 0. The van der Waals surface area contributed by atoms with Crippen LogP contribution in [0.25, 0.3) is 0 Å². The van der Waals surface area contributed by atoms with Crippen molar-refractivity contribution in [3.63, 3.8) is 0 Å². The molecule has 1 heterocycles. The van der Waals surface area contributed by atoms with E-state index in [1.165, 1.54) is 0 Å². The lowest BCUT2D eigenvalue weighted by molar-refractivity contribution is 0.319. The zero-order chi connectivity index (χ0) is 12.3. The van der Waals surface area contributed by atoms with Gasteiger partial charge in [-0.25, -0.2) is 13.4 Å². The topological polar surface area (TPSA) is 65.0 Å². The van der Waals surface area contributed by atoms with Gasteiger partial charge < -0.3 is 9.47 Å². The fourth-order valence-corrected chi connectivity index (χ4v) is 2.20. The van der Waals surface area contributed by atoms with Crippen molar-refractivity contribution in [3.05, 3.63) is 35.4 Å². The second-order valence-electron chi connectivity index (χ2n) is 3.37. The maximum Gasteiger partial charge on any atom is 0.212 e. The van der Waals surface area contributed by atoms with Crippen molar-refractivity contribution in [2.45, 2.75) is 0 Å². The Kier molecular flexibility index (Phi) is 3.14. The molecule has 1 aromatic carbocycles. The van der Waals surface area contributed by atoms with E-state index in [0.29, 0.717) is 17.2 Å². The predicted octanol–water partition coefficient (Wildman–Crippen LogP) is 1.37. The van der Waals surface area contributed by atoms with E-state index in [-0.39, 0.29) is 6.61 Å². The van der Waals surface area contributed by atoms with Gasteiger partial charge in [-0.1, -0.05) is 12.1 Å². The quantitative estimate of drug-likeness (QED) is 0.813. The number of rotatable bonds is 4. The van der Waals surface area contributed by atoms with Gasteiger partial charge in [0, 0.05) is 0 Å². The SMILES string of the molecule is COc1ccccc1OCC1=CS(=O)(=O)C=N1. The van der Waals surface area contributed by atoms with Crippen molar-refractivity contribution >= 4 is 15.4 Å². The maximum absolute atomic E-state index is 11.1. The zero-order valence-corrected chi connectivity index (χ0v) is 9.98. The van der Waals surface area contributed by atoms with Crippen molar-refractivity contribution in [1.82, 2.24) is 0 Å². The van der Waals surface area contributed by atoms with Crippen LogP contribution in [-0.2, 0) is 9.84 Å². The van der Waals surface area contributed by atoms with Gasteiger partial charge in [0.25, 0.3) is 0 Å². The summed E-state index contributed by atoms with van der Waals surface area (Å²) in [4.78, 5) is 3.74. The minimum Gasteiger partial charge on any atom is -0.493 e. The molecule has 1 aliphatic rings. The first-order chi connectivity index (χ1) is 8.11. The minimum atomic E-state index is -3.28. The average molecular weight is 253 g/mol. The van der Waals surface area contributed by atoms with Crippen LogP contribution in [0.4, 0.5) is 0 Å². The lowest BCUT2D eigenvalue weighted by Gasteiger charge is -2.09. The van der Waals surface area contributed by atoms with E-state index in [1.54, 1.807) is 25.3 Å². The standard InChI is InChI=1S/C11H11NO4S/c1-15-10-4-2-3-5-11(10)16-6-9-7-17(13,14)8-12-9/h2-5,7-8H,6H2,1H3. The van der Waals surface area contributed by atoms with E-state index in [1.807, 2.05) is 6.07 Å². The maximum atomic E-state index is 11.1. The predicted molar refractivity (Wildman–Crippen MR) is 64.0 cm³/mol.